The van der Waals surface area contributed by atoms with Gasteiger partial charge in [-0.2, -0.15) is 0 Å². The van der Waals surface area contributed by atoms with Gasteiger partial charge in [0.15, 0.2) is 0 Å². The zero-order valence-electron chi connectivity index (χ0n) is 12.5. The zero-order valence-corrected chi connectivity index (χ0v) is 14.9. The van der Waals surface area contributed by atoms with Crippen molar-refractivity contribution in [2.45, 2.75) is 43.7 Å². The number of hydrogen-bond acceptors (Lipinski definition) is 2. The van der Waals surface area contributed by atoms with E-state index in [1.54, 1.807) is 0 Å². The van der Waals surface area contributed by atoms with E-state index in [0.29, 0.717) is 23.9 Å². The zero-order chi connectivity index (χ0) is 14.4. The van der Waals surface area contributed by atoms with E-state index in [-0.39, 0.29) is 18.3 Å². The number of carbonyl (C=O) groups excluding carboxylic acids is 1. The Morgan fingerprint density at radius 2 is 2.05 bits per heavy atom. The van der Waals surface area contributed by atoms with Crippen molar-refractivity contribution in [1.29, 1.82) is 0 Å². The lowest BCUT2D eigenvalue weighted by atomic mass is 10.1. The maximum absolute atomic E-state index is 12.9. The molecule has 3 aliphatic rings. The van der Waals surface area contributed by atoms with Gasteiger partial charge in [-0.05, 0) is 55.8 Å². The predicted octanol–water partition coefficient (Wildman–Crippen LogP) is 3.33. The first kappa shape index (κ1) is 16.3. The maximum Gasteiger partial charge on any atom is 0.226 e. The Labute approximate surface area is 146 Å². The third-order valence-corrected chi connectivity index (χ3v) is 5.79. The summed E-state index contributed by atoms with van der Waals surface area (Å²) in [6, 6.07) is 9.36. The quantitative estimate of drug-likeness (QED) is 0.847. The highest BCUT2D eigenvalue weighted by Crippen LogP contribution is 2.50. The van der Waals surface area contributed by atoms with Crippen molar-refractivity contribution in [1.82, 2.24) is 10.2 Å². The van der Waals surface area contributed by atoms with Gasteiger partial charge in [0.25, 0.3) is 0 Å². The number of rotatable bonds is 2. The molecule has 2 saturated heterocycles. The third kappa shape index (κ3) is 2.93. The fourth-order valence-electron chi connectivity index (χ4n) is 4.11. The van der Waals surface area contributed by atoms with Crippen molar-refractivity contribution >= 4 is 34.2 Å². The van der Waals surface area contributed by atoms with Crippen LogP contribution in [0.25, 0.3) is 0 Å². The topological polar surface area (TPSA) is 32.3 Å². The summed E-state index contributed by atoms with van der Waals surface area (Å²) in [6.07, 6.45) is 4.53. The van der Waals surface area contributed by atoms with Crippen molar-refractivity contribution in [3.8, 4) is 0 Å². The number of nitrogens with zero attached hydrogens (tertiary/aromatic N) is 1. The normalized spacial score (nSPS) is 33.0. The van der Waals surface area contributed by atoms with E-state index in [4.69, 9.17) is 0 Å². The molecule has 1 aromatic rings. The van der Waals surface area contributed by atoms with Gasteiger partial charge >= 0.3 is 0 Å². The number of halogens is 2. The molecule has 2 aliphatic heterocycles. The van der Waals surface area contributed by atoms with Crippen LogP contribution in [0.2, 0.25) is 0 Å². The first-order valence-corrected chi connectivity index (χ1v) is 8.81. The maximum atomic E-state index is 12.9. The molecule has 1 saturated carbocycles. The first-order chi connectivity index (χ1) is 10.2. The van der Waals surface area contributed by atoms with Gasteiger partial charge in [0.2, 0.25) is 5.91 Å². The van der Waals surface area contributed by atoms with Gasteiger partial charge in [0.05, 0.1) is 0 Å². The molecular formula is C17H22BrClN2O. The summed E-state index contributed by atoms with van der Waals surface area (Å²) in [6.45, 7) is 2.04. The van der Waals surface area contributed by atoms with Crippen LogP contribution in [-0.2, 0) is 4.79 Å². The van der Waals surface area contributed by atoms with E-state index in [1.165, 1.54) is 18.4 Å². The van der Waals surface area contributed by atoms with Crippen LogP contribution in [0.3, 0.4) is 0 Å². The summed E-state index contributed by atoms with van der Waals surface area (Å²) in [5.41, 5.74) is 1.31. The average Bonchev–Trinajstić information content (AvgIpc) is 3.18. The van der Waals surface area contributed by atoms with Gasteiger partial charge in [0.1, 0.15) is 0 Å². The highest BCUT2D eigenvalue weighted by Gasteiger charge is 2.49. The van der Waals surface area contributed by atoms with Crippen LogP contribution in [0.4, 0.5) is 0 Å². The number of nitrogens with one attached hydrogen (secondary N) is 1. The molecule has 120 valence electrons. The summed E-state index contributed by atoms with van der Waals surface area (Å²) in [5.74, 6) is 1.07. The van der Waals surface area contributed by atoms with Crippen molar-refractivity contribution in [3.63, 3.8) is 0 Å². The van der Waals surface area contributed by atoms with Gasteiger partial charge in [0, 0.05) is 29.0 Å². The second kappa shape index (κ2) is 6.50. The lowest BCUT2D eigenvalue weighted by Crippen LogP contribution is -2.43. The van der Waals surface area contributed by atoms with Crippen LogP contribution in [0.15, 0.2) is 28.7 Å². The molecule has 4 rings (SSSR count). The molecule has 2 heterocycles. The van der Waals surface area contributed by atoms with Gasteiger partial charge in [-0.25, -0.2) is 0 Å². The Morgan fingerprint density at radius 1 is 1.23 bits per heavy atom. The SMILES string of the molecule is Cl.O=C(C1CC1c1cccc(Br)c1)N1C2CCNCC1CC2. The number of fused-ring (bicyclic) bond motifs is 2. The highest BCUT2D eigenvalue weighted by molar-refractivity contribution is 9.10. The van der Waals surface area contributed by atoms with Gasteiger partial charge in [-0.15, -0.1) is 12.4 Å². The van der Waals surface area contributed by atoms with Crippen molar-refractivity contribution < 1.29 is 4.79 Å². The summed E-state index contributed by atoms with van der Waals surface area (Å²) in [4.78, 5) is 15.2. The molecule has 3 nitrogen and oxygen atoms in total. The van der Waals surface area contributed by atoms with E-state index in [1.807, 2.05) is 6.07 Å². The molecule has 1 N–H and O–H groups in total. The van der Waals surface area contributed by atoms with Crippen LogP contribution < -0.4 is 5.32 Å². The van der Waals surface area contributed by atoms with Crippen molar-refractivity contribution in [3.05, 3.63) is 34.3 Å². The fraction of sp³-hybridized carbons (Fsp3) is 0.588. The smallest absolute Gasteiger partial charge is 0.226 e. The summed E-state index contributed by atoms with van der Waals surface area (Å²) < 4.78 is 1.11. The van der Waals surface area contributed by atoms with Gasteiger partial charge < -0.3 is 10.2 Å². The molecule has 0 radical (unpaired) electrons. The molecule has 0 spiro atoms. The summed E-state index contributed by atoms with van der Waals surface area (Å²) in [5, 5.41) is 3.47. The van der Waals surface area contributed by atoms with Crippen molar-refractivity contribution in [2.24, 2.45) is 5.92 Å². The fourth-order valence-corrected chi connectivity index (χ4v) is 4.52. The minimum Gasteiger partial charge on any atom is -0.335 e. The molecule has 4 unspecified atom stereocenters. The molecule has 5 heteroatoms. The van der Waals surface area contributed by atoms with Crippen LogP contribution in [0.5, 0.6) is 0 Å². The lowest BCUT2D eigenvalue weighted by Gasteiger charge is -2.28. The largest absolute Gasteiger partial charge is 0.335 e. The second-order valence-corrected chi connectivity index (χ2v) is 7.54. The van der Waals surface area contributed by atoms with Crippen LogP contribution >= 0.6 is 28.3 Å². The molecule has 3 fully saturated rings. The third-order valence-electron chi connectivity index (χ3n) is 5.29. The molecule has 1 aromatic carbocycles. The standard InChI is InChI=1S/C17H21BrN2O.ClH/c18-12-3-1-2-11(8-12)15-9-16(15)17(21)20-13-4-5-14(20)10-19-7-6-13;/h1-3,8,13-16,19H,4-7,9-10H2;1H. The number of benzene rings is 1. The molecule has 1 amide bonds. The second-order valence-electron chi connectivity index (χ2n) is 6.63. The molecular weight excluding hydrogens is 364 g/mol. The summed E-state index contributed by atoms with van der Waals surface area (Å²) in [7, 11) is 0. The van der Waals surface area contributed by atoms with Crippen molar-refractivity contribution in [2.75, 3.05) is 13.1 Å². The monoisotopic (exact) mass is 384 g/mol. The molecule has 2 bridgehead atoms. The minimum absolute atomic E-state index is 0. The predicted molar refractivity (Wildman–Crippen MR) is 93.4 cm³/mol. The average molecular weight is 386 g/mol. The van der Waals surface area contributed by atoms with E-state index >= 15 is 0 Å². The number of hydrogen-bond donors (Lipinski definition) is 1. The highest BCUT2D eigenvalue weighted by atomic mass is 79.9. The van der Waals surface area contributed by atoms with Crippen LogP contribution in [0, 0.1) is 5.92 Å². The van der Waals surface area contributed by atoms with Crippen LogP contribution in [0.1, 0.15) is 37.2 Å². The van der Waals surface area contributed by atoms with E-state index < -0.39 is 0 Å². The Hall–Kier alpha value is -0.580. The van der Waals surface area contributed by atoms with E-state index in [2.05, 4.69) is 44.3 Å². The lowest BCUT2D eigenvalue weighted by molar-refractivity contribution is -0.135. The molecule has 0 aromatic heterocycles. The number of carbonyl (C=O) groups is 1. The Bertz CT molecular complexity index is 553. The minimum atomic E-state index is 0. The molecule has 22 heavy (non-hydrogen) atoms. The Morgan fingerprint density at radius 3 is 2.86 bits per heavy atom. The first-order valence-electron chi connectivity index (χ1n) is 8.02. The summed E-state index contributed by atoms with van der Waals surface area (Å²) >= 11 is 3.53. The van der Waals surface area contributed by atoms with Crippen LogP contribution in [-0.4, -0.2) is 36.0 Å². The molecule has 4 atom stereocenters. The Balaban J connectivity index is 0.00000144. The van der Waals surface area contributed by atoms with E-state index in [0.717, 1.165) is 30.4 Å². The van der Waals surface area contributed by atoms with Gasteiger partial charge in [-0.3, -0.25) is 4.79 Å². The molecule has 1 aliphatic carbocycles. The van der Waals surface area contributed by atoms with E-state index in [9.17, 15) is 4.79 Å². The Kier molecular flexibility index (Phi) is 4.81. The number of amides is 1. The van der Waals surface area contributed by atoms with Gasteiger partial charge in [-0.1, -0.05) is 28.1 Å².